The van der Waals surface area contributed by atoms with Gasteiger partial charge >= 0.3 is 11.9 Å². The number of hydrogen-bond donors (Lipinski definition) is 0. The van der Waals surface area contributed by atoms with Crippen LogP contribution in [0.25, 0.3) is 0 Å². The predicted octanol–water partition coefficient (Wildman–Crippen LogP) is 5.73. The Morgan fingerprint density at radius 3 is 2.14 bits per heavy atom. The molecule has 2 aliphatic rings. The number of carbonyl (C=O) groups is 2. The Balaban J connectivity index is 0.000000234. The minimum atomic E-state index is -0.0152. The van der Waals surface area contributed by atoms with Crippen LogP contribution >= 0.6 is 0 Å². The van der Waals surface area contributed by atoms with Gasteiger partial charge in [-0.1, -0.05) is 69.9 Å². The van der Waals surface area contributed by atoms with Gasteiger partial charge in [-0.3, -0.25) is 9.59 Å². The molecule has 2 heterocycles. The van der Waals surface area contributed by atoms with Crippen LogP contribution in [0.5, 0.6) is 0 Å². The number of esters is 2. The molecule has 0 aromatic heterocycles. The van der Waals surface area contributed by atoms with Crippen LogP contribution in [-0.4, -0.2) is 24.1 Å². The maximum atomic E-state index is 11.9. The van der Waals surface area contributed by atoms with E-state index >= 15 is 0 Å². The summed E-state index contributed by atoms with van der Waals surface area (Å²) in [6.07, 6.45) is 8.71. The maximum absolute atomic E-state index is 11.9. The Morgan fingerprint density at radius 1 is 0.897 bits per heavy atom. The van der Waals surface area contributed by atoms with Crippen LogP contribution in [0, 0.1) is 17.8 Å². The van der Waals surface area contributed by atoms with Crippen LogP contribution in [0.4, 0.5) is 0 Å². The summed E-state index contributed by atoms with van der Waals surface area (Å²) in [7, 11) is 0. The molecule has 1 aromatic rings. The van der Waals surface area contributed by atoms with Gasteiger partial charge in [0.2, 0.25) is 0 Å². The first-order valence-corrected chi connectivity index (χ1v) is 11.4. The summed E-state index contributed by atoms with van der Waals surface area (Å²) >= 11 is 0. The zero-order chi connectivity index (χ0) is 21.2. The second-order valence-electron chi connectivity index (χ2n) is 8.55. The summed E-state index contributed by atoms with van der Waals surface area (Å²) < 4.78 is 10.4. The van der Waals surface area contributed by atoms with E-state index in [2.05, 4.69) is 26.0 Å². The lowest BCUT2D eigenvalue weighted by molar-refractivity contribution is -0.144. The van der Waals surface area contributed by atoms with Crippen molar-refractivity contribution in [3.8, 4) is 0 Å². The van der Waals surface area contributed by atoms with E-state index in [1.165, 1.54) is 31.2 Å². The molecule has 5 atom stereocenters. The SMILES string of the molecule is CCCC[C@@H]1CC(=O)O[C@H]1C.CCCC[C@H]1[C@H](C)OC(=O)[C@@H]1Cc1ccccc1. The highest BCUT2D eigenvalue weighted by atomic mass is 16.6. The van der Waals surface area contributed by atoms with Gasteiger partial charge in [-0.25, -0.2) is 0 Å². The Bertz CT molecular complexity index is 627. The van der Waals surface area contributed by atoms with E-state index < -0.39 is 0 Å². The number of cyclic esters (lactones) is 2. The van der Waals surface area contributed by atoms with Gasteiger partial charge in [0.1, 0.15) is 12.2 Å². The second kappa shape index (κ2) is 12.0. The Kier molecular flexibility index (Phi) is 9.69. The van der Waals surface area contributed by atoms with E-state index in [0.717, 1.165) is 19.3 Å². The molecule has 0 N–H and O–H groups in total. The maximum Gasteiger partial charge on any atom is 0.309 e. The Morgan fingerprint density at radius 2 is 1.55 bits per heavy atom. The normalized spacial score (nSPS) is 28.5. The Labute approximate surface area is 176 Å². The second-order valence-corrected chi connectivity index (χ2v) is 8.55. The average molecular weight is 403 g/mol. The molecule has 2 fully saturated rings. The number of hydrogen-bond acceptors (Lipinski definition) is 4. The van der Waals surface area contributed by atoms with Crippen molar-refractivity contribution >= 4 is 11.9 Å². The van der Waals surface area contributed by atoms with Crippen molar-refractivity contribution in [2.45, 2.75) is 91.3 Å². The molecule has 2 saturated heterocycles. The fourth-order valence-electron chi connectivity index (χ4n) is 4.37. The van der Waals surface area contributed by atoms with Crippen LogP contribution in [-0.2, 0) is 25.5 Å². The van der Waals surface area contributed by atoms with Crippen molar-refractivity contribution in [1.29, 1.82) is 0 Å². The number of carbonyl (C=O) groups excluding carboxylic acids is 2. The molecule has 29 heavy (non-hydrogen) atoms. The van der Waals surface area contributed by atoms with Crippen molar-refractivity contribution in [3.05, 3.63) is 35.9 Å². The predicted molar refractivity (Wildman–Crippen MR) is 115 cm³/mol. The van der Waals surface area contributed by atoms with Gasteiger partial charge in [0.15, 0.2) is 0 Å². The van der Waals surface area contributed by atoms with Crippen LogP contribution in [0.1, 0.15) is 78.2 Å². The van der Waals surface area contributed by atoms with Crippen LogP contribution < -0.4 is 0 Å². The molecule has 1 aromatic carbocycles. The lowest BCUT2D eigenvalue weighted by Gasteiger charge is -2.18. The molecule has 0 amide bonds. The van der Waals surface area contributed by atoms with Gasteiger partial charge in [-0.2, -0.15) is 0 Å². The van der Waals surface area contributed by atoms with Gasteiger partial charge in [-0.15, -0.1) is 0 Å². The van der Waals surface area contributed by atoms with Gasteiger partial charge in [0.05, 0.1) is 12.3 Å². The fraction of sp³-hybridized carbons (Fsp3) is 0.680. The van der Waals surface area contributed by atoms with Gasteiger partial charge in [-0.05, 0) is 38.7 Å². The third kappa shape index (κ3) is 7.17. The summed E-state index contributed by atoms with van der Waals surface area (Å²) in [6, 6.07) is 10.2. The first kappa shape index (κ1) is 23.4. The first-order chi connectivity index (χ1) is 14.0. The molecule has 4 heteroatoms. The smallest absolute Gasteiger partial charge is 0.309 e. The molecule has 0 saturated carbocycles. The zero-order valence-corrected chi connectivity index (χ0v) is 18.6. The summed E-state index contributed by atoms with van der Waals surface area (Å²) in [5.41, 5.74) is 1.23. The van der Waals surface area contributed by atoms with Crippen LogP contribution in [0.3, 0.4) is 0 Å². The fourth-order valence-corrected chi connectivity index (χ4v) is 4.37. The summed E-state index contributed by atoms with van der Waals surface area (Å²) in [5, 5.41) is 0. The lowest BCUT2D eigenvalue weighted by Crippen LogP contribution is -2.21. The molecule has 0 unspecified atom stereocenters. The highest BCUT2D eigenvalue weighted by Crippen LogP contribution is 2.34. The molecular formula is C25H38O4. The molecule has 0 spiro atoms. The molecule has 0 radical (unpaired) electrons. The third-order valence-electron chi connectivity index (χ3n) is 6.25. The largest absolute Gasteiger partial charge is 0.462 e. The summed E-state index contributed by atoms with van der Waals surface area (Å²) in [5.74, 6) is 0.903. The van der Waals surface area contributed by atoms with Gasteiger partial charge in [0, 0.05) is 11.8 Å². The monoisotopic (exact) mass is 402 g/mol. The van der Waals surface area contributed by atoms with Gasteiger partial charge in [0.25, 0.3) is 0 Å². The van der Waals surface area contributed by atoms with Crippen LogP contribution in [0.2, 0.25) is 0 Å². The highest BCUT2D eigenvalue weighted by Gasteiger charge is 2.41. The van der Waals surface area contributed by atoms with E-state index in [-0.39, 0.29) is 30.1 Å². The number of ether oxygens (including phenoxy) is 2. The van der Waals surface area contributed by atoms with Crippen LogP contribution in [0.15, 0.2) is 30.3 Å². The number of benzene rings is 1. The van der Waals surface area contributed by atoms with E-state index in [1.54, 1.807) is 0 Å². The Hall–Kier alpha value is -1.84. The average Bonchev–Trinajstić information content (AvgIpc) is 3.16. The molecular weight excluding hydrogens is 364 g/mol. The van der Waals surface area contributed by atoms with Crippen molar-refractivity contribution in [1.82, 2.24) is 0 Å². The van der Waals surface area contributed by atoms with Crippen molar-refractivity contribution in [2.75, 3.05) is 0 Å². The minimum Gasteiger partial charge on any atom is -0.462 e. The van der Waals surface area contributed by atoms with E-state index in [9.17, 15) is 9.59 Å². The molecule has 162 valence electrons. The quantitative estimate of drug-likeness (QED) is 0.521. The topological polar surface area (TPSA) is 52.6 Å². The molecule has 2 aliphatic heterocycles. The highest BCUT2D eigenvalue weighted by molar-refractivity contribution is 5.75. The standard InChI is InChI=1S/C16H22O2.C9H16O2/c1-3-4-10-14-12(2)18-16(17)15(14)11-13-8-6-5-7-9-13;1-3-4-5-8-6-9(10)11-7(8)2/h5-9,12,14-15H,3-4,10-11H2,1-2H3;7-8H,3-6H2,1-2H3/t12-,14-,15+;7-,8+/m00/s1. The molecule has 4 nitrogen and oxygen atoms in total. The van der Waals surface area contributed by atoms with Crippen molar-refractivity contribution < 1.29 is 19.1 Å². The minimum absolute atomic E-state index is 0.00699. The van der Waals surface area contributed by atoms with Gasteiger partial charge < -0.3 is 9.47 Å². The van der Waals surface area contributed by atoms with Crippen molar-refractivity contribution in [3.63, 3.8) is 0 Å². The number of unbranched alkanes of at least 4 members (excludes halogenated alkanes) is 2. The summed E-state index contributed by atoms with van der Waals surface area (Å²) in [6.45, 7) is 8.38. The molecule has 0 aliphatic carbocycles. The third-order valence-corrected chi connectivity index (χ3v) is 6.25. The molecule has 3 rings (SSSR count). The first-order valence-electron chi connectivity index (χ1n) is 11.4. The molecule has 0 bridgehead atoms. The van der Waals surface area contributed by atoms with E-state index in [1.807, 2.05) is 32.0 Å². The number of rotatable bonds is 8. The zero-order valence-electron chi connectivity index (χ0n) is 18.6. The summed E-state index contributed by atoms with van der Waals surface area (Å²) in [4.78, 5) is 22.7. The van der Waals surface area contributed by atoms with E-state index in [4.69, 9.17) is 9.47 Å². The van der Waals surface area contributed by atoms with Crippen molar-refractivity contribution in [2.24, 2.45) is 17.8 Å². The van der Waals surface area contributed by atoms with E-state index in [0.29, 0.717) is 18.3 Å². The lowest BCUT2D eigenvalue weighted by atomic mass is 9.83.